The highest BCUT2D eigenvalue weighted by atomic mass is 28.4. The number of carbonyl (C=O) groups is 2. The molecule has 0 aromatic carbocycles. The van der Waals surface area contributed by atoms with Crippen LogP contribution in [0.15, 0.2) is 0 Å². The number of ether oxygens (including phenoxy) is 1. The molecule has 0 unspecified atom stereocenters. The number of carboxylic acids is 1. The molecular formula is C16H33NO5Si. The molecule has 0 aliphatic carbocycles. The van der Waals surface area contributed by atoms with Gasteiger partial charge in [-0.05, 0) is 38.9 Å². The van der Waals surface area contributed by atoms with Gasteiger partial charge in [0.15, 0.2) is 8.32 Å². The van der Waals surface area contributed by atoms with Gasteiger partial charge < -0.3 is 19.2 Å². The molecule has 1 atom stereocenters. The first-order valence-corrected chi connectivity index (χ1v) is 10.8. The van der Waals surface area contributed by atoms with E-state index in [1.54, 1.807) is 27.8 Å². The zero-order valence-corrected chi connectivity index (χ0v) is 17.0. The Morgan fingerprint density at radius 3 is 1.96 bits per heavy atom. The molecular weight excluding hydrogens is 314 g/mol. The van der Waals surface area contributed by atoms with E-state index in [-0.39, 0.29) is 18.1 Å². The highest BCUT2D eigenvalue weighted by Crippen LogP contribution is 2.36. The lowest BCUT2D eigenvalue weighted by molar-refractivity contribution is -0.138. The van der Waals surface area contributed by atoms with Crippen LogP contribution in [-0.2, 0) is 14.0 Å². The number of likely N-dealkylation sites (N-methyl/N-ethyl adjacent to an activating group) is 1. The first-order valence-electron chi connectivity index (χ1n) is 7.88. The molecule has 0 aliphatic rings. The summed E-state index contributed by atoms with van der Waals surface area (Å²) in [6, 6.07) is -0.559. The summed E-state index contributed by atoms with van der Waals surface area (Å²) in [6.07, 6.45) is -0.716. The van der Waals surface area contributed by atoms with Crippen LogP contribution >= 0.6 is 0 Å². The Balaban J connectivity index is 5.02. The van der Waals surface area contributed by atoms with Crippen LogP contribution in [0.5, 0.6) is 0 Å². The van der Waals surface area contributed by atoms with Gasteiger partial charge in [-0.2, -0.15) is 0 Å². The summed E-state index contributed by atoms with van der Waals surface area (Å²) in [5, 5.41) is 9.13. The van der Waals surface area contributed by atoms with E-state index in [9.17, 15) is 9.59 Å². The first-order chi connectivity index (χ1) is 10.1. The van der Waals surface area contributed by atoms with Crippen LogP contribution in [0, 0.1) is 0 Å². The van der Waals surface area contributed by atoms with E-state index >= 15 is 0 Å². The topological polar surface area (TPSA) is 76.1 Å². The minimum atomic E-state index is -2.02. The van der Waals surface area contributed by atoms with Gasteiger partial charge in [0.1, 0.15) is 5.60 Å². The summed E-state index contributed by atoms with van der Waals surface area (Å²) in [5.74, 6) is -0.968. The Labute approximate surface area is 141 Å². The predicted molar refractivity (Wildman–Crippen MR) is 93.2 cm³/mol. The summed E-state index contributed by atoms with van der Waals surface area (Å²) in [6.45, 7) is 16.1. The normalized spacial score (nSPS) is 14.3. The number of rotatable bonds is 6. The Morgan fingerprint density at radius 2 is 1.61 bits per heavy atom. The quantitative estimate of drug-likeness (QED) is 0.741. The predicted octanol–water partition coefficient (Wildman–Crippen LogP) is 3.72. The van der Waals surface area contributed by atoms with E-state index in [1.807, 2.05) is 0 Å². The minimum Gasteiger partial charge on any atom is -0.481 e. The van der Waals surface area contributed by atoms with Crippen LogP contribution in [0.3, 0.4) is 0 Å². The fraction of sp³-hybridized carbons (Fsp3) is 0.875. The van der Waals surface area contributed by atoms with Crippen molar-refractivity contribution in [2.75, 3.05) is 13.7 Å². The van der Waals surface area contributed by atoms with Gasteiger partial charge in [-0.1, -0.05) is 20.8 Å². The van der Waals surface area contributed by atoms with Gasteiger partial charge in [0.05, 0.1) is 19.1 Å². The second-order valence-electron chi connectivity index (χ2n) is 8.41. The Bertz CT molecular complexity index is 423. The van der Waals surface area contributed by atoms with Gasteiger partial charge in [0, 0.05) is 7.05 Å². The molecule has 0 radical (unpaired) electrons. The molecule has 136 valence electrons. The standard InChI is InChI=1S/C16H33NO5Si/c1-15(2,3)22-14(20)17(7)12(10-13(18)19)11-21-23(8,9)16(4,5)6/h12H,10-11H2,1-9H3,(H,18,19)/t12-/m0/s1. The fourth-order valence-corrected chi connectivity index (χ4v) is 2.56. The van der Waals surface area contributed by atoms with Crippen molar-refractivity contribution in [1.82, 2.24) is 4.90 Å². The molecule has 23 heavy (non-hydrogen) atoms. The lowest BCUT2D eigenvalue weighted by atomic mass is 10.2. The fourth-order valence-electron chi connectivity index (χ4n) is 1.51. The van der Waals surface area contributed by atoms with E-state index in [0.717, 1.165) is 0 Å². The summed E-state index contributed by atoms with van der Waals surface area (Å²) in [5.41, 5.74) is -0.626. The molecule has 0 aromatic rings. The molecule has 0 spiro atoms. The molecule has 0 aliphatic heterocycles. The minimum absolute atomic E-state index is 0.0191. The van der Waals surface area contributed by atoms with Crippen LogP contribution in [0.1, 0.15) is 48.0 Å². The van der Waals surface area contributed by atoms with Crippen molar-refractivity contribution in [3.8, 4) is 0 Å². The number of nitrogens with zero attached hydrogens (tertiary/aromatic N) is 1. The summed E-state index contributed by atoms with van der Waals surface area (Å²) >= 11 is 0. The van der Waals surface area contributed by atoms with Crippen molar-refractivity contribution in [2.45, 2.75) is 77.7 Å². The summed E-state index contributed by atoms with van der Waals surface area (Å²) < 4.78 is 11.4. The van der Waals surface area contributed by atoms with Crippen LogP contribution in [0.4, 0.5) is 4.79 Å². The van der Waals surface area contributed by atoms with Crippen molar-refractivity contribution in [3.05, 3.63) is 0 Å². The number of carbonyl (C=O) groups excluding carboxylic acids is 1. The zero-order chi connectivity index (χ0) is 18.6. The van der Waals surface area contributed by atoms with E-state index in [2.05, 4.69) is 33.9 Å². The maximum absolute atomic E-state index is 12.2. The Kier molecular flexibility index (Phi) is 7.30. The molecule has 0 saturated carbocycles. The number of hydrogen-bond acceptors (Lipinski definition) is 4. The van der Waals surface area contributed by atoms with Crippen LogP contribution < -0.4 is 0 Å². The second-order valence-corrected chi connectivity index (χ2v) is 13.2. The van der Waals surface area contributed by atoms with Crippen LogP contribution in [-0.4, -0.2) is 55.7 Å². The van der Waals surface area contributed by atoms with Gasteiger partial charge in [-0.15, -0.1) is 0 Å². The molecule has 0 heterocycles. The number of aliphatic carboxylic acids is 1. The number of hydrogen-bond donors (Lipinski definition) is 1. The Hall–Kier alpha value is -1.08. The van der Waals surface area contributed by atoms with Crippen LogP contribution in [0.2, 0.25) is 18.1 Å². The highest BCUT2D eigenvalue weighted by molar-refractivity contribution is 6.74. The maximum Gasteiger partial charge on any atom is 0.410 e. The zero-order valence-electron chi connectivity index (χ0n) is 16.0. The average Bonchev–Trinajstić information content (AvgIpc) is 2.29. The summed E-state index contributed by atoms with van der Waals surface area (Å²) in [4.78, 5) is 24.6. The van der Waals surface area contributed by atoms with Gasteiger partial charge in [-0.25, -0.2) is 4.79 Å². The third-order valence-electron chi connectivity index (χ3n) is 4.08. The lowest BCUT2D eigenvalue weighted by Gasteiger charge is -2.38. The number of amides is 1. The summed E-state index contributed by atoms with van der Waals surface area (Å²) in [7, 11) is -0.466. The third-order valence-corrected chi connectivity index (χ3v) is 8.58. The van der Waals surface area contributed by atoms with Crippen LogP contribution in [0.25, 0.3) is 0 Å². The molecule has 0 fully saturated rings. The molecule has 0 aromatic heterocycles. The third kappa shape index (κ3) is 7.83. The largest absolute Gasteiger partial charge is 0.481 e. The van der Waals surface area contributed by atoms with Crippen molar-refractivity contribution in [2.24, 2.45) is 0 Å². The van der Waals surface area contributed by atoms with Gasteiger partial charge in [0.2, 0.25) is 0 Å². The first kappa shape index (κ1) is 21.9. The molecule has 1 amide bonds. The van der Waals surface area contributed by atoms with E-state index in [0.29, 0.717) is 0 Å². The number of carboxylic acid groups (broad SMARTS) is 1. The SMILES string of the molecule is CN(C(=O)OC(C)(C)C)[C@H](CO[Si](C)(C)C(C)(C)C)CC(=O)O. The monoisotopic (exact) mass is 347 g/mol. The van der Waals surface area contributed by atoms with E-state index in [4.69, 9.17) is 14.3 Å². The smallest absolute Gasteiger partial charge is 0.410 e. The average molecular weight is 348 g/mol. The highest BCUT2D eigenvalue weighted by Gasteiger charge is 2.38. The molecule has 0 bridgehead atoms. The second kappa shape index (κ2) is 7.66. The van der Waals surface area contributed by atoms with Gasteiger partial charge >= 0.3 is 12.1 Å². The van der Waals surface area contributed by atoms with Crippen molar-refractivity contribution < 1.29 is 23.9 Å². The van der Waals surface area contributed by atoms with E-state index in [1.165, 1.54) is 4.90 Å². The molecule has 0 saturated heterocycles. The van der Waals surface area contributed by atoms with Crippen molar-refractivity contribution >= 4 is 20.4 Å². The Morgan fingerprint density at radius 1 is 1.13 bits per heavy atom. The van der Waals surface area contributed by atoms with E-state index < -0.39 is 32.0 Å². The van der Waals surface area contributed by atoms with Crippen molar-refractivity contribution in [3.63, 3.8) is 0 Å². The van der Waals surface area contributed by atoms with Gasteiger partial charge in [-0.3, -0.25) is 4.79 Å². The van der Waals surface area contributed by atoms with Crippen molar-refractivity contribution in [1.29, 1.82) is 0 Å². The molecule has 7 heteroatoms. The molecule has 1 N–H and O–H groups in total. The molecule has 0 rings (SSSR count). The van der Waals surface area contributed by atoms with Gasteiger partial charge in [0.25, 0.3) is 0 Å². The lowest BCUT2D eigenvalue weighted by Crippen LogP contribution is -2.48. The maximum atomic E-state index is 12.2. The molecule has 6 nitrogen and oxygen atoms in total.